The van der Waals surface area contributed by atoms with E-state index in [1.54, 1.807) is 19.2 Å². The van der Waals surface area contributed by atoms with E-state index >= 15 is 0 Å². The van der Waals surface area contributed by atoms with Gasteiger partial charge in [-0.05, 0) is 31.0 Å². The van der Waals surface area contributed by atoms with Crippen LogP contribution in [-0.2, 0) is 24.4 Å². The molecule has 0 amide bonds. The van der Waals surface area contributed by atoms with E-state index in [2.05, 4.69) is 20.4 Å². The highest BCUT2D eigenvalue weighted by molar-refractivity contribution is 5.79. The van der Waals surface area contributed by atoms with E-state index in [1.165, 1.54) is 0 Å². The summed E-state index contributed by atoms with van der Waals surface area (Å²) in [5.74, 6) is 0.769. The second-order valence-corrected chi connectivity index (χ2v) is 6.29. The number of alkyl halides is 2. The molecule has 0 saturated heterocycles. The van der Waals surface area contributed by atoms with Gasteiger partial charge in [0.2, 0.25) is 0 Å². The number of benzene rings is 2. The van der Waals surface area contributed by atoms with E-state index in [0.29, 0.717) is 37.8 Å². The maximum Gasteiger partial charge on any atom is 0.387 e. The first-order valence-electron chi connectivity index (χ1n) is 9.15. The average molecular weight is 391 g/mol. The molecule has 2 N–H and O–H groups in total. The molecule has 5 nitrogen and oxygen atoms in total. The Hall–Kier alpha value is -2.67. The van der Waals surface area contributed by atoms with Crippen LogP contribution in [0.3, 0.4) is 0 Å². The highest BCUT2D eigenvalue weighted by Gasteiger charge is 2.10. The molecule has 2 rings (SSSR count). The normalized spacial score (nSPS) is 11.6. The predicted molar refractivity (Wildman–Crippen MR) is 107 cm³/mol. The van der Waals surface area contributed by atoms with Crippen LogP contribution < -0.4 is 15.4 Å². The zero-order valence-electron chi connectivity index (χ0n) is 16.5. The molecule has 0 unspecified atom stereocenters. The molecule has 0 heterocycles. The molecule has 0 fully saturated rings. The maximum absolute atomic E-state index is 12.6. The Morgan fingerprint density at radius 2 is 1.79 bits per heavy atom. The summed E-state index contributed by atoms with van der Waals surface area (Å²) in [5, 5.41) is 6.33. The van der Waals surface area contributed by atoms with Gasteiger partial charge in [-0.2, -0.15) is 8.78 Å². The van der Waals surface area contributed by atoms with Gasteiger partial charge in [-0.3, -0.25) is 0 Å². The molecule has 28 heavy (non-hydrogen) atoms. The number of halogens is 2. The Kier molecular flexibility index (Phi) is 8.68. The lowest BCUT2D eigenvalue weighted by atomic mass is 10.1. The van der Waals surface area contributed by atoms with Crippen LogP contribution in [0.5, 0.6) is 5.75 Å². The summed E-state index contributed by atoms with van der Waals surface area (Å²) in [4.78, 5) is 4.56. The molecule has 7 heteroatoms. The van der Waals surface area contributed by atoms with Crippen molar-refractivity contribution in [2.75, 3.05) is 13.7 Å². The quantitative estimate of drug-likeness (QED) is 0.501. The van der Waals surface area contributed by atoms with Crippen LogP contribution in [0.2, 0.25) is 0 Å². The van der Waals surface area contributed by atoms with Gasteiger partial charge >= 0.3 is 6.61 Å². The zero-order chi connectivity index (χ0) is 20.4. The summed E-state index contributed by atoms with van der Waals surface area (Å²) in [6.45, 7) is 3.10. The van der Waals surface area contributed by atoms with E-state index in [-0.39, 0.29) is 5.75 Å². The molecule has 0 aliphatic carbocycles. The largest absolute Gasteiger partial charge is 0.434 e. The van der Waals surface area contributed by atoms with Gasteiger partial charge in [-0.25, -0.2) is 4.99 Å². The van der Waals surface area contributed by atoms with Gasteiger partial charge in [-0.15, -0.1) is 0 Å². The van der Waals surface area contributed by atoms with Crippen molar-refractivity contribution in [2.45, 2.75) is 40.2 Å². The van der Waals surface area contributed by atoms with Crippen molar-refractivity contribution in [3.8, 4) is 5.75 Å². The van der Waals surface area contributed by atoms with E-state index in [9.17, 15) is 8.78 Å². The van der Waals surface area contributed by atoms with Crippen molar-refractivity contribution in [3.63, 3.8) is 0 Å². The van der Waals surface area contributed by atoms with Gasteiger partial charge in [0.1, 0.15) is 5.75 Å². The molecular formula is C21H27F2N3O2. The average Bonchev–Trinajstić information content (AvgIpc) is 2.67. The molecular weight excluding hydrogens is 364 g/mol. The third-order valence-corrected chi connectivity index (χ3v) is 3.98. The van der Waals surface area contributed by atoms with Gasteiger partial charge in [0.15, 0.2) is 5.96 Å². The predicted octanol–water partition coefficient (Wildman–Crippen LogP) is 4.00. The summed E-state index contributed by atoms with van der Waals surface area (Å²) in [5.41, 5.74) is 3.78. The lowest BCUT2D eigenvalue weighted by Gasteiger charge is -2.15. The maximum atomic E-state index is 12.6. The first-order chi connectivity index (χ1) is 13.5. The Morgan fingerprint density at radius 1 is 1.07 bits per heavy atom. The van der Waals surface area contributed by atoms with Crippen LogP contribution in [0.4, 0.5) is 8.78 Å². The second-order valence-electron chi connectivity index (χ2n) is 6.29. The molecule has 0 aromatic heterocycles. The molecule has 152 valence electrons. The fraction of sp³-hybridized carbons (Fsp3) is 0.381. The lowest BCUT2D eigenvalue weighted by molar-refractivity contribution is -0.0504. The van der Waals surface area contributed by atoms with Crippen LogP contribution >= 0.6 is 0 Å². The number of guanidine groups is 1. The Bertz CT molecular complexity index is 765. The molecule has 0 aliphatic heterocycles. The van der Waals surface area contributed by atoms with E-state index < -0.39 is 6.61 Å². The summed E-state index contributed by atoms with van der Waals surface area (Å²) < 4.78 is 35.0. The van der Waals surface area contributed by atoms with E-state index in [0.717, 1.165) is 16.7 Å². The molecule has 2 aromatic carbocycles. The van der Waals surface area contributed by atoms with Crippen molar-refractivity contribution in [2.24, 2.45) is 4.99 Å². The zero-order valence-corrected chi connectivity index (χ0v) is 16.5. The van der Waals surface area contributed by atoms with Crippen LogP contribution in [-0.4, -0.2) is 26.2 Å². The molecule has 0 radical (unpaired) electrons. The molecule has 0 spiro atoms. The third-order valence-electron chi connectivity index (χ3n) is 3.98. The van der Waals surface area contributed by atoms with Gasteiger partial charge in [0, 0.05) is 25.8 Å². The van der Waals surface area contributed by atoms with Gasteiger partial charge in [0.25, 0.3) is 0 Å². The highest BCUT2D eigenvalue weighted by atomic mass is 19.3. The number of nitrogens with zero attached hydrogens (tertiary/aromatic N) is 1. The van der Waals surface area contributed by atoms with Gasteiger partial charge < -0.3 is 20.1 Å². The topological polar surface area (TPSA) is 54.9 Å². The van der Waals surface area contributed by atoms with Crippen molar-refractivity contribution in [1.82, 2.24) is 10.6 Å². The van der Waals surface area contributed by atoms with Crippen LogP contribution in [0.15, 0.2) is 47.5 Å². The third kappa shape index (κ3) is 7.15. The van der Waals surface area contributed by atoms with Crippen molar-refractivity contribution in [1.29, 1.82) is 0 Å². The van der Waals surface area contributed by atoms with Gasteiger partial charge in [0.05, 0.1) is 13.2 Å². The Morgan fingerprint density at radius 3 is 2.43 bits per heavy atom. The number of rotatable bonds is 9. The summed E-state index contributed by atoms with van der Waals surface area (Å²) in [6.07, 6.45) is 0. The lowest BCUT2D eigenvalue weighted by Crippen LogP contribution is -2.36. The standard InChI is InChI=1S/C21H27F2N3O2/c1-4-24-21(25-12-16-6-8-17(9-7-16)14-27-3)26-13-18-11-15(2)5-10-19(18)28-20(22)23/h5-11,20H,4,12-14H2,1-3H3,(H2,24,25,26). The van der Waals surface area contributed by atoms with Gasteiger partial charge in [-0.1, -0.05) is 42.0 Å². The van der Waals surface area contributed by atoms with Crippen LogP contribution in [0, 0.1) is 6.92 Å². The minimum atomic E-state index is -2.86. The van der Waals surface area contributed by atoms with E-state index in [1.807, 2.05) is 44.2 Å². The minimum absolute atomic E-state index is 0.165. The summed E-state index contributed by atoms with van der Waals surface area (Å²) in [6, 6.07) is 13.2. The number of aliphatic imine (C=N–C) groups is 1. The van der Waals surface area contributed by atoms with Crippen molar-refractivity contribution >= 4 is 5.96 Å². The molecule has 0 bridgehead atoms. The monoisotopic (exact) mass is 391 g/mol. The smallest absolute Gasteiger partial charge is 0.387 e. The first-order valence-corrected chi connectivity index (χ1v) is 9.15. The molecule has 2 aromatic rings. The number of ether oxygens (including phenoxy) is 2. The Labute approximate surface area is 164 Å². The highest BCUT2D eigenvalue weighted by Crippen LogP contribution is 2.22. The second kappa shape index (κ2) is 11.2. The first kappa shape index (κ1) is 21.6. The number of methoxy groups -OCH3 is 1. The fourth-order valence-electron chi connectivity index (χ4n) is 2.66. The molecule has 0 saturated carbocycles. The Balaban J connectivity index is 2.04. The van der Waals surface area contributed by atoms with Crippen molar-refractivity contribution < 1.29 is 18.3 Å². The number of hydrogen-bond acceptors (Lipinski definition) is 3. The fourth-order valence-corrected chi connectivity index (χ4v) is 2.66. The molecule has 0 atom stereocenters. The van der Waals surface area contributed by atoms with Crippen LogP contribution in [0.1, 0.15) is 29.2 Å². The minimum Gasteiger partial charge on any atom is -0.434 e. The number of hydrogen-bond donors (Lipinski definition) is 2. The SMILES string of the molecule is CCNC(=NCc1ccc(COC)cc1)NCc1cc(C)ccc1OC(F)F. The number of aryl methyl sites for hydroxylation is 1. The summed E-state index contributed by atoms with van der Waals surface area (Å²) >= 11 is 0. The van der Waals surface area contributed by atoms with E-state index in [4.69, 9.17) is 4.74 Å². The molecule has 0 aliphatic rings. The van der Waals surface area contributed by atoms with Crippen LogP contribution in [0.25, 0.3) is 0 Å². The number of nitrogens with one attached hydrogen (secondary N) is 2. The summed E-state index contributed by atoms with van der Waals surface area (Å²) in [7, 11) is 1.67. The van der Waals surface area contributed by atoms with Crippen molar-refractivity contribution in [3.05, 3.63) is 64.7 Å².